The molecule has 0 unspecified atom stereocenters. The highest BCUT2D eigenvalue weighted by molar-refractivity contribution is 5.43. The van der Waals surface area contributed by atoms with Crippen LogP contribution in [0, 0.1) is 5.41 Å². The molecule has 0 N–H and O–H groups in total. The lowest BCUT2D eigenvalue weighted by molar-refractivity contribution is 0.395. The number of hydrogen-bond acceptors (Lipinski definition) is 0. The van der Waals surface area contributed by atoms with Crippen LogP contribution in [0.15, 0.2) is 22.8 Å². The van der Waals surface area contributed by atoms with Gasteiger partial charge in [-0.25, -0.2) is 0 Å². The molecule has 0 aromatic heterocycles. The lowest BCUT2D eigenvalue weighted by Crippen LogP contribution is -2.13. The molecule has 0 radical (unpaired) electrons. The van der Waals surface area contributed by atoms with Gasteiger partial charge in [-0.1, -0.05) is 44.4 Å². The first-order valence-corrected chi connectivity index (χ1v) is 6.05. The largest absolute Gasteiger partial charge is 0.0654 e. The van der Waals surface area contributed by atoms with Crippen LogP contribution < -0.4 is 0 Å². The molecule has 2 rings (SSSR count). The van der Waals surface area contributed by atoms with Gasteiger partial charge in [-0.15, -0.1) is 0 Å². The number of rotatable bonds is 3. The molecule has 0 spiro atoms. The lowest BCUT2D eigenvalue weighted by atomic mass is 9.78. The maximum atomic E-state index is 2.51. The van der Waals surface area contributed by atoms with Gasteiger partial charge >= 0.3 is 0 Å². The minimum Gasteiger partial charge on any atom is -0.0654 e. The van der Waals surface area contributed by atoms with Crippen LogP contribution in [0.2, 0.25) is 0 Å². The van der Waals surface area contributed by atoms with Gasteiger partial charge in [-0.05, 0) is 43.1 Å². The Labute approximate surface area is 88.1 Å². The predicted molar refractivity (Wildman–Crippen MR) is 62.3 cm³/mol. The Bertz CT molecular complexity index is 289. The minimum atomic E-state index is 0.444. The first-order valence-electron chi connectivity index (χ1n) is 6.05. The van der Waals surface area contributed by atoms with Crippen LogP contribution in [0.4, 0.5) is 0 Å². The van der Waals surface area contributed by atoms with Crippen molar-refractivity contribution in [3.8, 4) is 0 Å². The van der Waals surface area contributed by atoms with Gasteiger partial charge < -0.3 is 0 Å². The van der Waals surface area contributed by atoms with E-state index in [0.29, 0.717) is 5.41 Å². The summed E-state index contributed by atoms with van der Waals surface area (Å²) in [5.41, 5.74) is 5.58. The second-order valence-corrected chi connectivity index (χ2v) is 5.46. The molecule has 14 heavy (non-hydrogen) atoms. The molecule has 0 bridgehead atoms. The monoisotopic (exact) mass is 190 g/mol. The van der Waals surface area contributed by atoms with Crippen molar-refractivity contribution in [2.24, 2.45) is 5.41 Å². The first kappa shape index (κ1) is 10.0. The summed E-state index contributed by atoms with van der Waals surface area (Å²) >= 11 is 0. The molecule has 0 aromatic carbocycles. The van der Waals surface area contributed by atoms with Crippen molar-refractivity contribution in [3.05, 3.63) is 22.8 Å². The summed E-state index contributed by atoms with van der Waals surface area (Å²) in [5.74, 6) is 0. The summed E-state index contributed by atoms with van der Waals surface area (Å²) in [5, 5.41) is 0. The van der Waals surface area contributed by atoms with Crippen molar-refractivity contribution >= 4 is 0 Å². The van der Waals surface area contributed by atoms with E-state index in [1.54, 1.807) is 16.7 Å². The average Bonchev–Trinajstić information content (AvgIpc) is 2.60. The standard InChI is InChI=1S/C14H22/c1-4-8-14(2,3)13-9-11-6-5-7-12(11)10-13/h9H,4-8,10H2,1-3H3. The fraction of sp³-hybridized carbons (Fsp3) is 0.714. The summed E-state index contributed by atoms with van der Waals surface area (Å²) in [6, 6.07) is 0. The van der Waals surface area contributed by atoms with E-state index in [9.17, 15) is 0 Å². The third kappa shape index (κ3) is 1.67. The summed E-state index contributed by atoms with van der Waals surface area (Å²) in [6.45, 7) is 7.10. The van der Waals surface area contributed by atoms with Gasteiger partial charge in [0.1, 0.15) is 0 Å². The molecule has 0 amide bonds. The zero-order chi connectivity index (χ0) is 10.2. The molecule has 78 valence electrons. The zero-order valence-corrected chi connectivity index (χ0v) is 9.82. The predicted octanol–water partition coefficient (Wildman–Crippen LogP) is 4.62. The molecule has 0 saturated carbocycles. The fourth-order valence-corrected chi connectivity index (χ4v) is 2.92. The van der Waals surface area contributed by atoms with Crippen LogP contribution >= 0.6 is 0 Å². The smallest absolute Gasteiger partial charge is 0.00940 e. The second-order valence-electron chi connectivity index (χ2n) is 5.46. The van der Waals surface area contributed by atoms with Crippen LogP contribution in [-0.2, 0) is 0 Å². The Morgan fingerprint density at radius 3 is 2.71 bits per heavy atom. The minimum absolute atomic E-state index is 0.444. The van der Waals surface area contributed by atoms with Gasteiger partial charge in [0, 0.05) is 0 Å². The molecule has 0 fully saturated rings. The van der Waals surface area contributed by atoms with E-state index in [0.717, 1.165) is 0 Å². The van der Waals surface area contributed by atoms with E-state index in [2.05, 4.69) is 26.8 Å². The average molecular weight is 190 g/mol. The fourth-order valence-electron chi connectivity index (χ4n) is 2.92. The highest BCUT2D eigenvalue weighted by Gasteiger charge is 2.29. The molecule has 0 heteroatoms. The lowest BCUT2D eigenvalue weighted by Gasteiger charge is -2.26. The van der Waals surface area contributed by atoms with Crippen LogP contribution in [0.25, 0.3) is 0 Å². The number of allylic oxidation sites excluding steroid dienone is 4. The summed E-state index contributed by atoms with van der Waals surface area (Å²) < 4.78 is 0. The van der Waals surface area contributed by atoms with Crippen LogP contribution in [0.3, 0.4) is 0 Å². The highest BCUT2D eigenvalue weighted by Crippen LogP contribution is 2.45. The molecule has 0 aliphatic heterocycles. The van der Waals surface area contributed by atoms with Crippen molar-refractivity contribution in [1.29, 1.82) is 0 Å². The van der Waals surface area contributed by atoms with Crippen molar-refractivity contribution in [2.45, 2.75) is 59.3 Å². The summed E-state index contributed by atoms with van der Waals surface area (Å²) in [4.78, 5) is 0. The van der Waals surface area contributed by atoms with Gasteiger partial charge in [0.05, 0.1) is 0 Å². The molecule has 2 aliphatic rings. The third-order valence-corrected chi connectivity index (χ3v) is 3.88. The molecule has 0 saturated heterocycles. The Kier molecular flexibility index (Phi) is 2.55. The van der Waals surface area contributed by atoms with E-state index in [-0.39, 0.29) is 0 Å². The third-order valence-electron chi connectivity index (χ3n) is 3.88. The highest BCUT2D eigenvalue weighted by atomic mass is 14.3. The Hall–Kier alpha value is -0.520. The molecule has 0 atom stereocenters. The molecule has 0 nitrogen and oxygen atoms in total. The zero-order valence-electron chi connectivity index (χ0n) is 9.82. The normalized spacial score (nSPS) is 21.5. The summed E-state index contributed by atoms with van der Waals surface area (Å²) in [6.07, 6.45) is 10.6. The Morgan fingerprint density at radius 2 is 2.07 bits per heavy atom. The molecular formula is C14H22. The topological polar surface area (TPSA) is 0 Å². The van der Waals surface area contributed by atoms with Gasteiger partial charge in [-0.3, -0.25) is 0 Å². The van der Waals surface area contributed by atoms with Gasteiger partial charge in [0.15, 0.2) is 0 Å². The quantitative estimate of drug-likeness (QED) is 0.609. The van der Waals surface area contributed by atoms with Crippen LogP contribution in [-0.4, -0.2) is 0 Å². The maximum Gasteiger partial charge on any atom is -0.00940 e. The SMILES string of the molecule is CCCC(C)(C)C1=CC2=C(CCC2)C1. The van der Waals surface area contributed by atoms with Crippen LogP contribution in [0.5, 0.6) is 0 Å². The van der Waals surface area contributed by atoms with E-state index in [1.807, 2.05) is 0 Å². The summed E-state index contributed by atoms with van der Waals surface area (Å²) in [7, 11) is 0. The van der Waals surface area contributed by atoms with Crippen LogP contribution in [0.1, 0.15) is 59.3 Å². The Morgan fingerprint density at radius 1 is 1.29 bits per heavy atom. The molecular weight excluding hydrogens is 168 g/mol. The number of hydrogen-bond donors (Lipinski definition) is 0. The van der Waals surface area contributed by atoms with Crippen molar-refractivity contribution in [1.82, 2.24) is 0 Å². The van der Waals surface area contributed by atoms with E-state index in [4.69, 9.17) is 0 Å². The Balaban J connectivity index is 2.09. The molecule has 2 aliphatic carbocycles. The molecule has 0 heterocycles. The second kappa shape index (κ2) is 3.56. The maximum absolute atomic E-state index is 2.51. The van der Waals surface area contributed by atoms with Gasteiger partial charge in [0.25, 0.3) is 0 Å². The van der Waals surface area contributed by atoms with Crippen molar-refractivity contribution in [2.75, 3.05) is 0 Å². The first-order chi connectivity index (χ1) is 6.63. The van der Waals surface area contributed by atoms with E-state index >= 15 is 0 Å². The van der Waals surface area contributed by atoms with Gasteiger partial charge in [0.2, 0.25) is 0 Å². The molecule has 0 aromatic rings. The van der Waals surface area contributed by atoms with Gasteiger partial charge in [-0.2, -0.15) is 0 Å². The van der Waals surface area contributed by atoms with E-state index in [1.165, 1.54) is 38.5 Å². The van der Waals surface area contributed by atoms with Crippen molar-refractivity contribution < 1.29 is 0 Å². The van der Waals surface area contributed by atoms with E-state index < -0.39 is 0 Å². The van der Waals surface area contributed by atoms with Crippen molar-refractivity contribution in [3.63, 3.8) is 0 Å².